The van der Waals surface area contributed by atoms with Crippen molar-refractivity contribution < 1.29 is 22.8 Å². The first-order valence-corrected chi connectivity index (χ1v) is 11.6. The monoisotopic (exact) mass is 448 g/mol. The fraction of sp³-hybridized carbons (Fsp3) is 0.286. The fourth-order valence-electron chi connectivity index (χ4n) is 3.57. The van der Waals surface area contributed by atoms with Crippen LogP contribution in [0.15, 0.2) is 47.4 Å². The summed E-state index contributed by atoms with van der Waals surface area (Å²) in [6.07, 6.45) is 2.26. The maximum absolute atomic E-state index is 12.5. The van der Waals surface area contributed by atoms with Crippen LogP contribution in [0.1, 0.15) is 42.1 Å². The number of carbonyl (C=O) groups is 3. The molecule has 0 aromatic heterocycles. The molecule has 1 aliphatic heterocycles. The van der Waals surface area contributed by atoms with Gasteiger partial charge in [-0.3, -0.25) is 19.7 Å². The summed E-state index contributed by atoms with van der Waals surface area (Å²) in [6.45, 7) is 1.89. The van der Waals surface area contributed by atoms with Crippen molar-refractivity contribution in [2.75, 3.05) is 11.6 Å². The topological polar surface area (TPSA) is 109 Å². The van der Waals surface area contributed by atoms with Crippen LogP contribution in [0.5, 0.6) is 0 Å². The molecule has 0 spiro atoms. The van der Waals surface area contributed by atoms with Crippen molar-refractivity contribution in [2.24, 2.45) is 0 Å². The zero-order valence-corrected chi connectivity index (χ0v) is 18.1. The molecule has 30 heavy (non-hydrogen) atoms. The van der Waals surface area contributed by atoms with Gasteiger partial charge in [0, 0.05) is 23.9 Å². The molecule has 1 saturated heterocycles. The molecular formula is C21H21ClN2O5S. The number of hydrogen-bond donors (Lipinski definition) is 2. The summed E-state index contributed by atoms with van der Waals surface area (Å²) in [5, 5.41) is 5.15. The van der Waals surface area contributed by atoms with E-state index in [1.165, 1.54) is 18.2 Å². The zero-order chi connectivity index (χ0) is 22.1. The largest absolute Gasteiger partial charge is 0.322 e. The van der Waals surface area contributed by atoms with Crippen molar-refractivity contribution in [3.63, 3.8) is 0 Å². The minimum atomic E-state index is -3.57. The summed E-state index contributed by atoms with van der Waals surface area (Å²) in [6, 6.07) is 10.9. The van der Waals surface area contributed by atoms with E-state index < -0.39 is 21.2 Å². The molecule has 0 bridgehead atoms. The number of amides is 3. The van der Waals surface area contributed by atoms with E-state index in [9.17, 15) is 22.8 Å². The van der Waals surface area contributed by atoms with Gasteiger partial charge in [0.1, 0.15) is 0 Å². The molecule has 0 radical (unpaired) electrons. The summed E-state index contributed by atoms with van der Waals surface area (Å²) < 4.78 is 23.6. The van der Waals surface area contributed by atoms with Gasteiger partial charge in [-0.15, -0.1) is 0 Å². The molecule has 1 aliphatic rings. The Labute approximate surface area is 179 Å². The average molecular weight is 449 g/mol. The third kappa shape index (κ3) is 4.24. The second kappa shape index (κ2) is 8.20. The first kappa shape index (κ1) is 22.0. The average Bonchev–Trinajstić information content (AvgIpc) is 2.68. The van der Waals surface area contributed by atoms with Crippen LogP contribution in [0.3, 0.4) is 0 Å². The molecule has 3 amide bonds. The molecule has 3 rings (SSSR count). The zero-order valence-electron chi connectivity index (χ0n) is 16.5. The Morgan fingerprint density at radius 1 is 1.17 bits per heavy atom. The van der Waals surface area contributed by atoms with Gasteiger partial charge in [-0.25, -0.2) is 8.42 Å². The first-order chi connectivity index (χ1) is 14.1. The van der Waals surface area contributed by atoms with E-state index in [0.29, 0.717) is 18.5 Å². The highest BCUT2D eigenvalue weighted by Crippen LogP contribution is 2.36. The first-order valence-electron chi connectivity index (χ1n) is 9.32. The number of carbonyl (C=O) groups excluding carboxylic acids is 3. The van der Waals surface area contributed by atoms with Gasteiger partial charge in [-0.1, -0.05) is 30.7 Å². The van der Waals surface area contributed by atoms with E-state index in [-0.39, 0.29) is 33.7 Å². The lowest BCUT2D eigenvalue weighted by Crippen LogP contribution is -2.51. The third-order valence-electron chi connectivity index (χ3n) is 5.36. The number of piperidine rings is 1. The molecule has 7 nitrogen and oxygen atoms in total. The number of anilines is 1. The predicted octanol–water partition coefficient (Wildman–Crippen LogP) is 3.08. The van der Waals surface area contributed by atoms with Crippen molar-refractivity contribution in [2.45, 2.75) is 36.5 Å². The second-order valence-electron chi connectivity index (χ2n) is 7.26. The lowest BCUT2D eigenvalue weighted by atomic mass is 9.72. The van der Waals surface area contributed by atoms with Gasteiger partial charge >= 0.3 is 0 Å². The Balaban J connectivity index is 1.82. The quantitative estimate of drug-likeness (QED) is 0.683. The number of rotatable bonds is 5. The third-order valence-corrected chi connectivity index (χ3v) is 6.94. The Hall–Kier alpha value is -2.71. The van der Waals surface area contributed by atoms with Gasteiger partial charge in [0.25, 0.3) is 5.91 Å². The highest BCUT2D eigenvalue weighted by Gasteiger charge is 2.42. The van der Waals surface area contributed by atoms with Crippen molar-refractivity contribution >= 4 is 44.8 Å². The molecule has 9 heteroatoms. The molecule has 2 aromatic carbocycles. The Morgan fingerprint density at radius 2 is 1.83 bits per heavy atom. The van der Waals surface area contributed by atoms with Crippen LogP contribution in [-0.2, 0) is 24.8 Å². The molecular weight excluding hydrogens is 428 g/mol. The van der Waals surface area contributed by atoms with Crippen LogP contribution < -0.4 is 10.6 Å². The molecule has 0 saturated carbocycles. The van der Waals surface area contributed by atoms with Gasteiger partial charge in [0.15, 0.2) is 9.84 Å². The lowest BCUT2D eigenvalue weighted by Gasteiger charge is -2.35. The molecule has 1 heterocycles. The highest BCUT2D eigenvalue weighted by atomic mass is 35.5. The van der Waals surface area contributed by atoms with Crippen molar-refractivity contribution in [3.05, 3.63) is 58.6 Å². The van der Waals surface area contributed by atoms with Gasteiger partial charge in [-0.2, -0.15) is 0 Å². The van der Waals surface area contributed by atoms with E-state index in [4.69, 9.17) is 11.6 Å². The van der Waals surface area contributed by atoms with E-state index in [1.54, 1.807) is 24.3 Å². The van der Waals surface area contributed by atoms with E-state index >= 15 is 0 Å². The van der Waals surface area contributed by atoms with E-state index in [2.05, 4.69) is 10.6 Å². The van der Waals surface area contributed by atoms with Crippen molar-refractivity contribution in [3.8, 4) is 0 Å². The standard InChI is InChI=1S/C21H21ClN2O5S/c1-3-21(11-10-18(25)24-20(21)27)14-5-7-15(8-6-14)23-19(26)13-4-9-16(22)17(12-13)30(2,28)29/h4-9,12H,3,10-11H2,1-2H3,(H,23,26)(H,24,25,27). The SMILES string of the molecule is CCC1(c2ccc(NC(=O)c3ccc(Cl)c(S(C)(=O)=O)c3)cc2)CCC(=O)NC1=O. The summed E-state index contributed by atoms with van der Waals surface area (Å²) in [5.41, 5.74) is 0.618. The minimum Gasteiger partial charge on any atom is -0.322 e. The normalized spacial score (nSPS) is 19.3. The summed E-state index contributed by atoms with van der Waals surface area (Å²) >= 11 is 5.92. The smallest absolute Gasteiger partial charge is 0.255 e. The maximum atomic E-state index is 12.5. The van der Waals surface area contributed by atoms with Crippen molar-refractivity contribution in [1.29, 1.82) is 0 Å². The number of halogens is 1. The van der Waals surface area contributed by atoms with Crippen LogP contribution in [0.2, 0.25) is 5.02 Å². The number of sulfone groups is 1. The van der Waals surface area contributed by atoms with Crippen LogP contribution >= 0.6 is 11.6 Å². The predicted molar refractivity (Wildman–Crippen MR) is 113 cm³/mol. The Bertz CT molecular complexity index is 1130. The molecule has 1 unspecified atom stereocenters. The minimum absolute atomic E-state index is 0.0486. The second-order valence-corrected chi connectivity index (χ2v) is 9.65. The van der Waals surface area contributed by atoms with Crippen LogP contribution in [0, 0.1) is 0 Å². The van der Waals surface area contributed by atoms with Crippen LogP contribution in [-0.4, -0.2) is 32.4 Å². The number of hydrogen-bond acceptors (Lipinski definition) is 5. The van der Waals surface area contributed by atoms with Gasteiger partial charge in [0.05, 0.1) is 15.3 Å². The number of imide groups is 1. The van der Waals surface area contributed by atoms with Gasteiger partial charge in [0.2, 0.25) is 11.8 Å². The molecule has 0 aliphatic carbocycles. The van der Waals surface area contributed by atoms with E-state index in [0.717, 1.165) is 11.8 Å². The number of benzene rings is 2. The summed E-state index contributed by atoms with van der Waals surface area (Å²) in [4.78, 5) is 36.4. The molecule has 2 N–H and O–H groups in total. The number of nitrogens with one attached hydrogen (secondary N) is 2. The molecule has 1 atom stereocenters. The Morgan fingerprint density at radius 3 is 2.40 bits per heavy atom. The molecule has 158 valence electrons. The fourth-order valence-corrected chi connectivity index (χ4v) is 4.87. The Kier molecular flexibility index (Phi) is 6.01. The lowest BCUT2D eigenvalue weighted by molar-refractivity contribution is -0.138. The molecule has 2 aromatic rings. The van der Waals surface area contributed by atoms with Crippen molar-refractivity contribution in [1.82, 2.24) is 5.32 Å². The van der Waals surface area contributed by atoms with Crippen LogP contribution in [0.25, 0.3) is 0 Å². The van der Waals surface area contributed by atoms with Gasteiger partial charge < -0.3 is 5.32 Å². The summed E-state index contributed by atoms with van der Waals surface area (Å²) in [7, 11) is -3.57. The summed E-state index contributed by atoms with van der Waals surface area (Å²) in [5.74, 6) is -1.08. The van der Waals surface area contributed by atoms with E-state index in [1.807, 2.05) is 6.92 Å². The maximum Gasteiger partial charge on any atom is 0.255 e. The van der Waals surface area contributed by atoms with Gasteiger partial charge in [-0.05, 0) is 48.7 Å². The highest BCUT2D eigenvalue weighted by molar-refractivity contribution is 7.90. The molecule has 1 fully saturated rings. The van der Waals surface area contributed by atoms with Crippen LogP contribution in [0.4, 0.5) is 5.69 Å².